The Hall–Kier alpha value is -2.67. The Balaban J connectivity index is 1.98. The first-order valence-electron chi connectivity index (χ1n) is 7.73. The average Bonchev–Trinajstić information content (AvgIpc) is 3.18. The summed E-state index contributed by atoms with van der Waals surface area (Å²) in [6, 6.07) is 9.94. The number of benzene rings is 1. The van der Waals surface area contributed by atoms with Gasteiger partial charge in [0.15, 0.2) is 0 Å². The maximum Gasteiger partial charge on any atom is 0.351 e. The molecule has 0 amide bonds. The number of hydrogen-bond acceptors (Lipinski definition) is 4. The average molecular weight is 340 g/mol. The molecule has 4 aromatic rings. The molecule has 0 aliphatic carbocycles. The van der Waals surface area contributed by atoms with Crippen LogP contribution in [0, 0.1) is 0 Å². The van der Waals surface area contributed by atoms with Crippen molar-refractivity contribution in [2.24, 2.45) is 7.05 Å². The molecule has 0 radical (unpaired) electrons. The van der Waals surface area contributed by atoms with Crippen molar-refractivity contribution in [3.63, 3.8) is 0 Å². The molecule has 0 N–H and O–H groups in total. The monoisotopic (exact) mass is 340 g/mol. The molecule has 3 heterocycles. The van der Waals surface area contributed by atoms with E-state index >= 15 is 0 Å². The number of aryl methyl sites for hydroxylation is 2. The van der Waals surface area contributed by atoms with Crippen molar-refractivity contribution in [1.29, 1.82) is 0 Å². The van der Waals surface area contributed by atoms with Crippen LogP contribution >= 0.6 is 11.3 Å². The summed E-state index contributed by atoms with van der Waals surface area (Å²) in [6.45, 7) is 2.49. The summed E-state index contributed by atoms with van der Waals surface area (Å²) < 4.78 is 4.92. The lowest BCUT2D eigenvalue weighted by molar-refractivity contribution is 0.720. The third-order valence-corrected chi connectivity index (χ3v) is 5.14. The van der Waals surface area contributed by atoms with Crippen molar-refractivity contribution < 1.29 is 0 Å². The third kappa shape index (κ3) is 2.12. The minimum absolute atomic E-state index is 0.113. The molecule has 0 aliphatic rings. The highest BCUT2D eigenvalue weighted by Gasteiger charge is 2.17. The second-order valence-electron chi connectivity index (χ2n) is 5.74. The number of thiophene rings is 1. The third-order valence-electron chi connectivity index (χ3n) is 4.25. The van der Waals surface area contributed by atoms with Crippen LogP contribution in [0.25, 0.3) is 16.0 Å². The Kier molecular flexibility index (Phi) is 3.38. The van der Waals surface area contributed by atoms with E-state index in [1.165, 1.54) is 26.0 Å². The predicted octanol–water partition coefficient (Wildman–Crippen LogP) is 2.02. The van der Waals surface area contributed by atoms with Crippen molar-refractivity contribution >= 4 is 27.3 Å². The number of nitrogens with zero attached hydrogens (tertiary/aromatic N) is 4. The molecule has 0 saturated heterocycles. The number of hydrogen-bond donors (Lipinski definition) is 0. The van der Waals surface area contributed by atoms with Crippen LogP contribution in [-0.2, 0) is 20.0 Å². The summed E-state index contributed by atoms with van der Waals surface area (Å²) in [5.41, 5.74) is 2.51. The molecule has 122 valence electrons. The molecule has 0 spiro atoms. The highest BCUT2D eigenvalue weighted by Crippen LogP contribution is 2.17. The van der Waals surface area contributed by atoms with Gasteiger partial charge in [0.2, 0.25) is 5.78 Å². The van der Waals surface area contributed by atoms with Gasteiger partial charge in [0.25, 0.3) is 5.56 Å². The van der Waals surface area contributed by atoms with E-state index in [1.807, 2.05) is 17.5 Å². The molecule has 6 nitrogen and oxygen atoms in total. The van der Waals surface area contributed by atoms with Gasteiger partial charge in [-0.15, -0.1) is 16.4 Å². The SMILES string of the molecule is CCc1ccc(Cn2c(=O)c3sccc3n3c(=O)n(C)nc23)cc1. The van der Waals surface area contributed by atoms with E-state index in [-0.39, 0.29) is 11.2 Å². The summed E-state index contributed by atoms with van der Waals surface area (Å²) in [4.78, 5) is 25.3. The molecule has 24 heavy (non-hydrogen) atoms. The summed E-state index contributed by atoms with van der Waals surface area (Å²) >= 11 is 1.35. The largest absolute Gasteiger partial charge is 0.351 e. The Morgan fingerprint density at radius 1 is 1.08 bits per heavy atom. The highest BCUT2D eigenvalue weighted by molar-refractivity contribution is 7.17. The smallest absolute Gasteiger partial charge is 0.271 e. The molecule has 0 bridgehead atoms. The van der Waals surface area contributed by atoms with Crippen LogP contribution in [0.15, 0.2) is 45.3 Å². The van der Waals surface area contributed by atoms with Crippen LogP contribution in [0.1, 0.15) is 18.1 Å². The molecule has 7 heteroatoms. The first-order chi connectivity index (χ1) is 11.6. The highest BCUT2D eigenvalue weighted by atomic mass is 32.1. The van der Waals surface area contributed by atoms with Crippen molar-refractivity contribution in [1.82, 2.24) is 18.7 Å². The number of aromatic nitrogens is 4. The molecule has 0 unspecified atom stereocenters. The lowest BCUT2D eigenvalue weighted by atomic mass is 10.1. The van der Waals surface area contributed by atoms with Crippen LogP contribution in [0.4, 0.5) is 0 Å². The van der Waals surface area contributed by atoms with Crippen LogP contribution in [0.2, 0.25) is 0 Å². The van der Waals surface area contributed by atoms with Gasteiger partial charge in [0, 0.05) is 7.05 Å². The zero-order chi connectivity index (χ0) is 16.8. The van der Waals surface area contributed by atoms with Gasteiger partial charge in [0.05, 0.1) is 12.1 Å². The van der Waals surface area contributed by atoms with Crippen molar-refractivity contribution in [3.05, 3.63) is 67.7 Å². The standard InChI is InChI=1S/C17H16N4O2S/c1-3-11-4-6-12(7-5-11)10-20-15(22)14-13(8-9-24-14)21-16(20)18-19(2)17(21)23/h4-9H,3,10H2,1-2H3. The van der Waals surface area contributed by atoms with Crippen LogP contribution in [0.5, 0.6) is 0 Å². The summed E-state index contributed by atoms with van der Waals surface area (Å²) in [5.74, 6) is 0.373. The van der Waals surface area contributed by atoms with E-state index in [1.54, 1.807) is 17.7 Å². The van der Waals surface area contributed by atoms with E-state index in [4.69, 9.17) is 0 Å². The zero-order valence-corrected chi connectivity index (χ0v) is 14.2. The van der Waals surface area contributed by atoms with E-state index < -0.39 is 0 Å². The summed E-state index contributed by atoms with van der Waals surface area (Å²) in [7, 11) is 1.60. The first kappa shape index (κ1) is 14.9. The molecule has 0 fully saturated rings. The van der Waals surface area contributed by atoms with Crippen LogP contribution in [-0.4, -0.2) is 18.7 Å². The van der Waals surface area contributed by atoms with E-state index in [9.17, 15) is 9.59 Å². The van der Waals surface area contributed by atoms with Crippen LogP contribution in [0.3, 0.4) is 0 Å². The molecule has 3 aromatic heterocycles. The maximum atomic E-state index is 12.9. The Morgan fingerprint density at radius 2 is 1.79 bits per heavy atom. The van der Waals surface area contributed by atoms with Gasteiger partial charge in [-0.05, 0) is 29.0 Å². The Bertz CT molecular complexity index is 1160. The molecular formula is C17H16N4O2S. The zero-order valence-electron chi connectivity index (χ0n) is 13.4. The predicted molar refractivity (Wildman–Crippen MR) is 95.0 cm³/mol. The van der Waals surface area contributed by atoms with Gasteiger partial charge >= 0.3 is 5.69 Å². The molecule has 0 saturated carbocycles. The Labute approximate surface area is 141 Å². The second-order valence-corrected chi connectivity index (χ2v) is 6.65. The Morgan fingerprint density at radius 3 is 2.50 bits per heavy atom. The minimum atomic E-state index is -0.247. The lowest BCUT2D eigenvalue weighted by Crippen LogP contribution is -2.25. The fourth-order valence-electron chi connectivity index (χ4n) is 2.89. The van der Waals surface area contributed by atoms with Gasteiger partial charge in [0.1, 0.15) is 4.70 Å². The molecule has 4 rings (SSSR count). The first-order valence-corrected chi connectivity index (χ1v) is 8.61. The van der Waals surface area contributed by atoms with Gasteiger partial charge in [-0.1, -0.05) is 31.2 Å². The molecular weight excluding hydrogens is 324 g/mol. The topological polar surface area (TPSA) is 61.3 Å². The van der Waals surface area contributed by atoms with Crippen LogP contribution < -0.4 is 11.2 Å². The number of rotatable bonds is 3. The van der Waals surface area contributed by atoms with Crippen molar-refractivity contribution in [3.8, 4) is 0 Å². The molecule has 0 atom stereocenters. The minimum Gasteiger partial charge on any atom is -0.271 e. The van der Waals surface area contributed by atoms with Gasteiger partial charge in [-0.25, -0.2) is 13.9 Å². The molecule has 1 aromatic carbocycles. The maximum absolute atomic E-state index is 12.9. The van der Waals surface area contributed by atoms with Gasteiger partial charge in [-0.2, -0.15) is 0 Å². The molecule has 0 aliphatic heterocycles. The lowest BCUT2D eigenvalue weighted by Gasteiger charge is -2.08. The van der Waals surface area contributed by atoms with Gasteiger partial charge < -0.3 is 0 Å². The fraction of sp³-hybridized carbons (Fsp3) is 0.235. The van der Waals surface area contributed by atoms with E-state index in [0.29, 0.717) is 22.5 Å². The van der Waals surface area contributed by atoms with E-state index in [0.717, 1.165) is 12.0 Å². The second kappa shape index (κ2) is 5.45. The fourth-order valence-corrected chi connectivity index (χ4v) is 3.72. The quantitative estimate of drug-likeness (QED) is 0.573. The normalized spacial score (nSPS) is 11.6. The van der Waals surface area contributed by atoms with E-state index in [2.05, 4.69) is 24.2 Å². The van der Waals surface area contributed by atoms with Gasteiger partial charge in [-0.3, -0.25) is 9.36 Å². The van der Waals surface area contributed by atoms with Crippen molar-refractivity contribution in [2.45, 2.75) is 19.9 Å². The summed E-state index contributed by atoms with van der Waals surface area (Å²) in [5, 5.41) is 6.09. The summed E-state index contributed by atoms with van der Waals surface area (Å²) in [6.07, 6.45) is 0.973. The number of fused-ring (bicyclic) bond motifs is 3. The van der Waals surface area contributed by atoms with Crippen molar-refractivity contribution in [2.75, 3.05) is 0 Å².